The molecule has 2 fully saturated rings. The number of aryl methyl sites for hydroxylation is 2. The van der Waals surface area contributed by atoms with Gasteiger partial charge in [0, 0.05) is 75.5 Å². The maximum Gasteiger partial charge on any atom is 0.318 e. The van der Waals surface area contributed by atoms with Crippen molar-refractivity contribution in [2.24, 2.45) is 0 Å². The monoisotopic (exact) mass is 722 g/mol. The molecular weight excluding hydrogens is 679 g/mol. The Morgan fingerprint density at radius 3 is 2.71 bits per heavy atom. The molecule has 2 atom stereocenters. The smallest absolute Gasteiger partial charge is 0.318 e. The van der Waals surface area contributed by atoms with Crippen molar-refractivity contribution in [2.75, 3.05) is 56.7 Å². The molecule has 8 rings (SSSR count). The molecule has 0 unspecified atom stereocenters. The molecule has 2 saturated heterocycles. The maximum atomic E-state index is 15.1. The van der Waals surface area contributed by atoms with Crippen LogP contribution in [0.3, 0.4) is 0 Å². The van der Waals surface area contributed by atoms with Crippen molar-refractivity contribution in [3.8, 4) is 11.8 Å². The first-order chi connectivity index (χ1) is 24.5. The van der Waals surface area contributed by atoms with Gasteiger partial charge >= 0.3 is 6.01 Å². The lowest BCUT2D eigenvalue weighted by atomic mass is 9.95. The number of aromatic nitrogens is 4. The van der Waals surface area contributed by atoms with Crippen LogP contribution in [0, 0.1) is 5.82 Å². The number of ether oxygens (including phenoxy) is 1. The number of fused-ring (bicyclic) bond motifs is 4. The van der Waals surface area contributed by atoms with E-state index < -0.39 is 16.2 Å². The summed E-state index contributed by atoms with van der Waals surface area (Å²) in [6.45, 7) is 6.03. The summed E-state index contributed by atoms with van der Waals surface area (Å²) < 4.78 is 65.0. The highest BCUT2D eigenvalue weighted by molar-refractivity contribution is 7.89. The zero-order valence-electron chi connectivity index (χ0n) is 29.3. The van der Waals surface area contributed by atoms with Gasteiger partial charge in [-0.3, -0.25) is 9.58 Å². The highest BCUT2D eigenvalue weighted by atomic mass is 32.2. The third-order valence-corrected chi connectivity index (χ3v) is 12.8. The number of sulfonamides is 1. The van der Waals surface area contributed by atoms with Gasteiger partial charge < -0.3 is 19.6 Å². The van der Waals surface area contributed by atoms with Gasteiger partial charge in [0.05, 0.1) is 30.0 Å². The standard InChI is InChI=1S/C36H44F2N8O4S/c1-4-27-29(38)8-7-23-15-26(47)17-31(33(23)27)43-14-9-28-30(21-43)39-35(50-22-36-10-5-12-45(36)19-24(37)18-36)40-34(28)44-11-6-13-46-25(20-44)16-32(41-46)51(48,49)42(2)3/h7-8,15-17,24,47H,4-6,9-14,18-22H2,1-3H3/t24-,36+/m1/s1. The molecule has 12 nitrogen and oxygen atoms in total. The average molecular weight is 723 g/mol. The molecule has 0 amide bonds. The number of hydrogen-bond donors (Lipinski definition) is 1. The second kappa shape index (κ2) is 12.8. The lowest BCUT2D eigenvalue weighted by Gasteiger charge is -2.35. The van der Waals surface area contributed by atoms with Crippen LogP contribution in [0.2, 0.25) is 0 Å². The maximum absolute atomic E-state index is 15.1. The van der Waals surface area contributed by atoms with Gasteiger partial charge in [-0.25, -0.2) is 21.5 Å². The molecule has 272 valence electrons. The van der Waals surface area contributed by atoms with Crippen LogP contribution in [0.5, 0.6) is 11.8 Å². The van der Waals surface area contributed by atoms with Gasteiger partial charge in [-0.15, -0.1) is 0 Å². The van der Waals surface area contributed by atoms with Crippen molar-refractivity contribution in [1.82, 2.24) is 29.0 Å². The fourth-order valence-electron chi connectivity index (χ4n) is 8.57. The zero-order chi connectivity index (χ0) is 35.7. The Bertz CT molecular complexity index is 2110. The third kappa shape index (κ3) is 5.96. The summed E-state index contributed by atoms with van der Waals surface area (Å²) in [5, 5.41) is 16.7. The van der Waals surface area contributed by atoms with Gasteiger partial charge in [-0.2, -0.15) is 15.1 Å². The first-order valence-electron chi connectivity index (χ1n) is 17.8. The third-order valence-electron chi connectivity index (χ3n) is 11.1. The van der Waals surface area contributed by atoms with Crippen LogP contribution in [-0.2, 0) is 42.5 Å². The van der Waals surface area contributed by atoms with E-state index in [1.807, 2.05) is 6.92 Å². The predicted octanol–water partition coefficient (Wildman–Crippen LogP) is 4.41. The van der Waals surface area contributed by atoms with E-state index in [-0.39, 0.29) is 34.7 Å². The molecule has 0 radical (unpaired) electrons. The number of aromatic hydroxyl groups is 1. The minimum Gasteiger partial charge on any atom is -0.508 e. The van der Waals surface area contributed by atoms with Gasteiger partial charge in [0.1, 0.15) is 30.2 Å². The van der Waals surface area contributed by atoms with E-state index in [1.54, 1.807) is 28.9 Å². The van der Waals surface area contributed by atoms with Gasteiger partial charge in [0.25, 0.3) is 10.0 Å². The van der Waals surface area contributed by atoms with Crippen molar-refractivity contribution < 1.29 is 27.0 Å². The van der Waals surface area contributed by atoms with Gasteiger partial charge in [0.15, 0.2) is 5.03 Å². The number of halogens is 2. The second-order valence-corrected chi connectivity index (χ2v) is 16.6. The fourth-order valence-corrected chi connectivity index (χ4v) is 9.43. The van der Waals surface area contributed by atoms with Gasteiger partial charge in [-0.05, 0) is 61.7 Å². The average Bonchev–Trinajstić information content (AvgIpc) is 3.73. The molecule has 2 aromatic heterocycles. The molecule has 15 heteroatoms. The number of hydrogen-bond acceptors (Lipinski definition) is 10. The molecule has 0 spiro atoms. The molecule has 1 N–H and O–H groups in total. The topological polar surface area (TPSA) is 120 Å². The Balaban J connectivity index is 1.18. The van der Waals surface area contributed by atoms with Crippen molar-refractivity contribution in [1.29, 1.82) is 0 Å². The van der Waals surface area contributed by atoms with Gasteiger partial charge in [-0.1, -0.05) is 13.0 Å². The minimum absolute atomic E-state index is 0.0121. The number of rotatable bonds is 8. The Morgan fingerprint density at radius 2 is 1.90 bits per heavy atom. The van der Waals surface area contributed by atoms with E-state index in [2.05, 4.69) is 19.8 Å². The van der Waals surface area contributed by atoms with E-state index in [4.69, 9.17) is 14.7 Å². The fraction of sp³-hybridized carbons (Fsp3) is 0.528. The number of phenolic OH excluding ortho intramolecular Hbond substituents is 1. The van der Waals surface area contributed by atoms with E-state index in [1.165, 1.54) is 20.2 Å². The van der Waals surface area contributed by atoms with E-state index in [0.29, 0.717) is 70.5 Å². The second-order valence-electron chi connectivity index (χ2n) is 14.5. The molecule has 4 aromatic rings. The van der Waals surface area contributed by atoms with Crippen LogP contribution in [0.1, 0.15) is 55.1 Å². The largest absolute Gasteiger partial charge is 0.508 e. The number of benzene rings is 2. The Morgan fingerprint density at radius 1 is 1.06 bits per heavy atom. The molecule has 51 heavy (non-hydrogen) atoms. The molecular formula is C36H44F2N8O4S. The van der Waals surface area contributed by atoms with Crippen LogP contribution in [0.4, 0.5) is 20.3 Å². The quantitative estimate of drug-likeness (QED) is 0.280. The van der Waals surface area contributed by atoms with Crippen LogP contribution in [-0.4, -0.2) is 101 Å². The van der Waals surface area contributed by atoms with Crippen LogP contribution in [0.15, 0.2) is 35.4 Å². The number of anilines is 2. The predicted molar refractivity (Wildman–Crippen MR) is 189 cm³/mol. The number of phenols is 1. The molecule has 0 aliphatic carbocycles. The summed E-state index contributed by atoms with van der Waals surface area (Å²) in [7, 11) is -0.727. The summed E-state index contributed by atoms with van der Waals surface area (Å²) >= 11 is 0. The summed E-state index contributed by atoms with van der Waals surface area (Å²) in [6, 6.07) is 8.36. The lowest BCUT2D eigenvalue weighted by molar-refractivity contribution is 0.107. The summed E-state index contributed by atoms with van der Waals surface area (Å²) in [4.78, 5) is 16.5. The normalized spacial score (nSPS) is 22.4. The zero-order valence-corrected chi connectivity index (χ0v) is 30.1. The molecule has 0 bridgehead atoms. The highest BCUT2D eigenvalue weighted by Crippen LogP contribution is 2.42. The van der Waals surface area contributed by atoms with Crippen molar-refractivity contribution >= 4 is 32.3 Å². The molecule has 4 aliphatic heterocycles. The van der Waals surface area contributed by atoms with Crippen molar-refractivity contribution in [3.63, 3.8) is 0 Å². The molecule has 2 aromatic carbocycles. The lowest BCUT2D eigenvalue weighted by Crippen LogP contribution is -2.43. The Labute approximate surface area is 296 Å². The van der Waals surface area contributed by atoms with Crippen LogP contribution in [0.25, 0.3) is 10.8 Å². The number of nitrogens with zero attached hydrogens (tertiary/aromatic N) is 8. The minimum atomic E-state index is -3.71. The highest BCUT2D eigenvalue weighted by Gasteiger charge is 2.49. The van der Waals surface area contributed by atoms with E-state index >= 15 is 4.39 Å². The van der Waals surface area contributed by atoms with E-state index in [0.717, 1.165) is 62.9 Å². The van der Waals surface area contributed by atoms with Crippen LogP contribution >= 0.6 is 0 Å². The first kappa shape index (κ1) is 34.0. The first-order valence-corrected chi connectivity index (χ1v) is 19.2. The molecule has 6 heterocycles. The Kier molecular flexibility index (Phi) is 8.57. The molecule has 0 saturated carbocycles. The summed E-state index contributed by atoms with van der Waals surface area (Å²) in [6.07, 6.45) is 3.18. The SMILES string of the molecule is CCc1c(F)ccc2cc(O)cc(N3CCc4c(nc(OC[C@@]56CCCN5C[C@H](F)C6)nc4N4CCCn5nc(S(=O)(=O)N(C)C)cc5C4)C3)c12. The number of alkyl halides is 1. The van der Waals surface area contributed by atoms with Crippen LogP contribution < -0.4 is 14.5 Å². The van der Waals surface area contributed by atoms with Crippen molar-refractivity contribution in [3.05, 3.63) is 58.7 Å². The summed E-state index contributed by atoms with van der Waals surface area (Å²) in [5.74, 6) is 0.543. The van der Waals surface area contributed by atoms with Crippen molar-refractivity contribution in [2.45, 2.75) is 81.8 Å². The Hall–Kier alpha value is -4.08. The summed E-state index contributed by atoms with van der Waals surface area (Å²) in [5.41, 5.74) is 3.45. The molecule has 4 aliphatic rings. The van der Waals surface area contributed by atoms with Gasteiger partial charge in [0.2, 0.25) is 0 Å². The van der Waals surface area contributed by atoms with E-state index in [9.17, 15) is 17.9 Å².